The smallest absolute Gasteiger partial charge is 0.313 e. The van der Waals surface area contributed by atoms with Crippen LogP contribution < -0.4 is 4.90 Å². The zero-order chi connectivity index (χ0) is 27.2. The minimum absolute atomic E-state index is 0.0936. The third kappa shape index (κ3) is 3.91. The normalized spacial score (nSPS) is 34.1. The highest BCUT2D eigenvalue weighted by Crippen LogP contribution is 2.59. The standard InChI is InChI=1S/C29H35ClN2O6/c1-4-18(3)21(17-33)32-24-26(35)31(20-11-9-19(30)10-12-20)15-8-14-29(24)22(25(32)34)23-27(36)37-16-7-6-13-28(23,5-2)38-29/h6,8-14,18,21-24,33H,4-5,7,15-17H2,1-3H3/t18-,21-,22-,23+,24?,28-,29-/m0/s1. The number of cyclic esters (lactones) is 1. The molecule has 8 nitrogen and oxygen atoms in total. The van der Waals surface area contributed by atoms with Gasteiger partial charge in [0.15, 0.2) is 0 Å². The van der Waals surface area contributed by atoms with Gasteiger partial charge in [0.1, 0.15) is 23.2 Å². The lowest BCUT2D eigenvalue weighted by molar-refractivity contribution is -0.162. The maximum atomic E-state index is 14.5. The lowest BCUT2D eigenvalue weighted by Crippen LogP contribution is -2.60. The van der Waals surface area contributed by atoms with Gasteiger partial charge in [-0.15, -0.1) is 0 Å². The molecule has 2 fully saturated rings. The Morgan fingerprint density at radius 3 is 2.47 bits per heavy atom. The van der Waals surface area contributed by atoms with Crippen LogP contribution in [-0.2, 0) is 23.9 Å². The fourth-order valence-electron chi connectivity index (χ4n) is 6.69. The Bertz CT molecular complexity index is 1170. The molecule has 0 saturated carbocycles. The van der Waals surface area contributed by atoms with E-state index in [1.165, 1.54) is 4.90 Å². The van der Waals surface area contributed by atoms with Crippen LogP contribution >= 0.6 is 11.6 Å². The van der Waals surface area contributed by atoms with Crippen molar-refractivity contribution in [2.45, 2.75) is 63.3 Å². The highest BCUT2D eigenvalue weighted by atomic mass is 35.5. The van der Waals surface area contributed by atoms with Crippen LogP contribution in [0.2, 0.25) is 5.02 Å². The number of ether oxygens (including phenoxy) is 2. The second-order valence-electron chi connectivity index (χ2n) is 10.7. The van der Waals surface area contributed by atoms with Crippen LogP contribution in [0.4, 0.5) is 5.69 Å². The molecule has 7 atom stereocenters. The van der Waals surface area contributed by atoms with E-state index in [9.17, 15) is 19.5 Å². The van der Waals surface area contributed by atoms with Crippen LogP contribution in [0.25, 0.3) is 0 Å². The highest BCUT2D eigenvalue weighted by Gasteiger charge is 2.76. The first kappa shape index (κ1) is 26.9. The highest BCUT2D eigenvalue weighted by molar-refractivity contribution is 6.30. The molecule has 1 spiro atoms. The van der Waals surface area contributed by atoms with Gasteiger partial charge in [-0.3, -0.25) is 14.4 Å². The number of benzene rings is 1. The van der Waals surface area contributed by atoms with E-state index in [2.05, 4.69) is 0 Å². The number of aliphatic hydroxyl groups excluding tert-OH is 1. The number of esters is 1. The molecule has 5 rings (SSSR count). The first-order chi connectivity index (χ1) is 18.2. The lowest BCUT2D eigenvalue weighted by atomic mass is 9.73. The summed E-state index contributed by atoms with van der Waals surface area (Å²) in [6.07, 6.45) is 9.13. The molecule has 0 aliphatic carbocycles. The molecule has 0 radical (unpaired) electrons. The van der Waals surface area contributed by atoms with E-state index in [0.29, 0.717) is 30.0 Å². The van der Waals surface area contributed by atoms with Crippen molar-refractivity contribution in [3.8, 4) is 0 Å². The van der Waals surface area contributed by atoms with Gasteiger partial charge >= 0.3 is 5.97 Å². The third-order valence-electron chi connectivity index (χ3n) is 8.82. The van der Waals surface area contributed by atoms with Crippen molar-refractivity contribution >= 4 is 35.1 Å². The Hall–Kier alpha value is -2.68. The van der Waals surface area contributed by atoms with E-state index >= 15 is 0 Å². The average Bonchev–Trinajstić information content (AvgIpc) is 3.25. The summed E-state index contributed by atoms with van der Waals surface area (Å²) in [5.41, 5.74) is -1.85. The predicted octanol–water partition coefficient (Wildman–Crippen LogP) is 3.51. The van der Waals surface area contributed by atoms with Gasteiger partial charge in [-0.2, -0.15) is 0 Å². The number of hydrogen-bond acceptors (Lipinski definition) is 6. The van der Waals surface area contributed by atoms with E-state index in [1.807, 2.05) is 45.1 Å². The quantitative estimate of drug-likeness (QED) is 0.436. The van der Waals surface area contributed by atoms with Gasteiger partial charge in [0, 0.05) is 17.3 Å². The van der Waals surface area contributed by atoms with Gasteiger partial charge < -0.3 is 24.4 Å². The number of aliphatic hydroxyl groups is 1. The van der Waals surface area contributed by atoms with Crippen molar-refractivity contribution in [2.24, 2.45) is 17.8 Å². The minimum Gasteiger partial charge on any atom is -0.465 e. The van der Waals surface area contributed by atoms with E-state index in [1.54, 1.807) is 29.2 Å². The molecule has 1 N–H and O–H groups in total. The molecular weight excluding hydrogens is 508 g/mol. The Balaban J connectivity index is 1.70. The number of fused-ring (bicyclic) bond motifs is 2. The maximum Gasteiger partial charge on any atom is 0.313 e. The number of likely N-dealkylation sites (tertiary alicyclic amines) is 1. The number of anilines is 1. The number of nitrogens with zero attached hydrogens (tertiary/aromatic N) is 2. The maximum absolute atomic E-state index is 14.5. The number of carbonyl (C=O) groups excluding carboxylic acids is 3. The minimum atomic E-state index is -1.40. The fraction of sp³-hybridized carbons (Fsp3) is 0.552. The van der Waals surface area contributed by atoms with Gasteiger partial charge in [-0.05, 0) is 43.0 Å². The molecule has 4 aliphatic heterocycles. The van der Waals surface area contributed by atoms with Gasteiger partial charge in [-0.25, -0.2) is 0 Å². The second-order valence-corrected chi connectivity index (χ2v) is 11.1. The van der Waals surface area contributed by atoms with Crippen molar-refractivity contribution in [3.05, 3.63) is 53.6 Å². The molecule has 0 aromatic heterocycles. The number of rotatable bonds is 6. The molecule has 9 heteroatoms. The molecule has 2 amide bonds. The number of halogens is 1. The van der Waals surface area contributed by atoms with Crippen LogP contribution in [0.1, 0.15) is 40.0 Å². The SMILES string of the molecule is CC[C@H](C)[C@H](CO)N1C(=O)[C@@H]2[C@@H]3C(=O)OCCC=C[C@]3(CC)O[C@@]23C=CCN(c2ccc(Cl)cc2)C(=O)C13. The van der Waals surface area contributed by atoms with Crippen molar-refractivity contribution < 1.29 is 29.0 Å². The van der Waals surface area contributed by atoms with E-state index in [0.717, 1.165) is 0 Å². The second kappa shape index (κ2) is 10.1. The van der Waals surface area contributed by atoms with Gasteiger partial charge in [0.2, 0.25) is 5.91 Å². The Morgan fingerprint density at radius 1 is 1.08 bits per heavy atom. The first-order valence-corrected chi connectivity index (χ1v) is 13.8. The number of hydrogen-bond donors (Lipinski definition) is 1. The Kier molecular flexibility index (Phi) is 7.18. The summed E-state index contributed by atoms with van der Waals surface area (Å²) >= 11 is 6.11. The van der Waals surface area contributed by atoms with Gasteiger partial charge in [-0.1, -0.05) is 63.1 Å². The van der Waals surface area contributed by atoms with E-state index in [-0.39, 0.29) is 37.5 Å². The topological polar surface area (TPSA) is 96.4 Å². The summed E-state index contributed by atoms with van der Waals surface area (Å²) in [7, 11) is 0. The fourth-order valence-corrected chi connectivity index (χ4v) is 6.82. The summed E-state index contributed by atoms with van der Waals surface area (Å²) in [6.45, 7) is 6.01. The Labute approximate surface area is 228 Å². The molecule has 1 aromatic carbocycles. The monoisotopic (exact) mass is 542 g/mol. The average molecular weight is 543 g/mol. The molecule has 1 unspecified atom stereocenters. The molecule has 38 heavy (non-hydrogen) atoms. The third-order valence-corrected chi connectivity index (χ3v) is 9.08. The van der Waals surface area contributed by atoms with E-state index in [4.69, 9.17) is 21.1 Å². The first-order valence-electron chi connectivity index (χ1n) is 13.5. The predicted molar refractivity (Wildman–Crippen MR) is 142 cm³/mol. The van der Waals surface area contributed by atoms with Crippen molar-refractivity contribution in [3.63, 3.8) is 0 Å². The van der Waals surface area contributed by atoms with Crippen LogP contribution in [-0.4, -0.2) is 70.8 Å². The van der Waals surface area contributed by atoms with Crippen molar-refractivity contribution in [1.82, 2.24) is 4.90 Å². The van der Waals surface area contributed by atoms with Crippen LogP contribution in [0, 0.1) is 17.8 Å². The van der Waals surface area contributed by atoms with Crippen LogP contribution in [0.15, 0.2) is 48.6 Å². The molecule has 4 heterocycles. The summed E-state index contributed by atoms with van der Waals surface area (Å²) in [6, 6.07) is 5.26. The van der Waals surface area contributed by atoms with Crippen LogP contribution in [0.3, 0.4) is 0 Å². The number of amides is 2. The molecule has 2 saturated heterocycles. The summed E-state index contributed by atoms with van der Waals surface area (Å²) in [4.78, 5) is 45.6. The Morgan fingerprint density at radius 2 is 1.82 bits per heavy atom. The van der Waals surface area contributed by atoms with Crippen molar-refractivity contribution in [1.29, 1.82) is 0 Å². The zero-order valence-electron chi connectivity index (χ0n) is 22.0. The lowest BCUT2D eigenvalue weighted by Gasteiger charge is -2.42. The summed E-state index contributed by atoms with van der Waals surface area (Å²) in [5.74, 6) is -3.16. The molecule has 4 aliphatic rings. The molecular formula is C29H35ClN2O6. The van der Waals surface area contributed by atoms with Gasteiger partial charge in [0.25, 0.3) is 5.91 Å². The van der Waals surface area contributed by atoms with E-state index < -0.39 is 41.1 Å². The summed E-state index contributed by atoms with van der Waals surface area (Å²) in [5, 5.41) is 11.0. The largest absolute Gasteiger partial charge is 0.465 e. The molecule has 204 valence electrons. The van der Waals surface area contributed by atoms with Crippen molar-refractivity contribution in [2.75, 3.05) is 24.7 Å². The summed E-state index contributed by atoms with van der Waals surface area (Å²) < 4.78 is 12.5. The van der Waals surface area contributed by atoms with Crippen LogP contribution in [0.5, 0.6) is 0 Å². The molecule has 1 aromatic rings. The molecule has 0 bridgehead atoms. The zero-order valence-corrected chi connectivity index (χ0v) is 22.8. The number of carbonyl (C=O) groups is 3. The van der Waals surface area contributed by atoms with Gasteiger partial charge in [0.05, 0.1) is 25.2 Å².